The lowest BCUT2D eigenvalue weighted by atomic mass is 10.1. The van der Waals surface area contributed by atoms with Crippen molar-refractivity contribution in [1.29, 1.82) is 0 Å². The van der Waals surface area contributed by atoms with Gasteiger partial charge in [-0.3, -0.25) is 4.18 Å². The third-order valence-corrected chi connectivity index (χ3v) is 5.38. The van der Waals surface area contributed by atoms with Crippen LogP contribution in [0.25, 0.3) is 10.9 Å². The molecular formula is C20H23BrN2O4S. The predicted molar refractivity (Wildman–Crippen MR) is 116 cm³/mol. The van der Waals surface area contributed by atoms with E-state index in [1.54, 1.807) is 7.11 Å². The first-order valence-electron chi connectivity index (χ1n) is 8.85. The molecule has 8 heteroatoms. The van der Waals surface area contributed by atoms with E-state index in [2.05, 4.69) is 38.1 Å². The molecule has 0 unspecified atom stereocenters. The molecule has 0 atom stereocenters. The van der Waals surface area contributed by atoms with Crippen molar-refractivity contribution >= 4 is 42.6 Å². The number of hydrogen-bond donors (Lipinski definition) is 1. The SMILES string of the molecule is COc1cc(Br)cc(NCCn2cc(CCOS(C)(=O)=O)c3ccccc32)c1. The van der Waals surface area contributed by atoms with Crippen molar-refractivity contribution in [3.8, 4) is 5.75 Å². The predicted octanol–water partition coefficient (Wildman–Crippen LogP) is 4.04. The lowest BCUT2D eigenvalue weighted by molar-refractivity contribution is 0.326. The summed E-state index contributed by atoms with van der Waals surface area (Å²) in [6.07, 6.45) is 3.68. The van der Waals surface area contributed by atoms with Crippen LogP contribution < -0.4 is 10.1 Å². The minimum atomic E-state index is -3.43. The molecule has 1 heterocycles. The van der Waals surface area contributed by atoms with E-state index in [4.69, 9.17) is 8.92 Å². The van der Waals surface area contributed by atoms with Gasteiger partial charge in [-0.05, 0) is 30.2 Å². The van der Waals surface area contributed by atoms with Gasteiger partial charge in [-0.15, -0.1) is 0 Å². The molecule has 0 amide bonds. The zero-order valence-corrected chi connectivity index (χ0v) is 18.2. The zero-order valence-electron chi connectivity index (χ0n) is 15.8. The zero-order chi connectivity index (χ0) is 20.1. The fourth-order valence-electron chi connectivity index (χ4n) is 3.11. The molecule has 0 bridgehead atoms. The Kier molecular flexibility index (Phi) is 6.64. The molecule has 0 saturated heterocycles. The van der Waals surface area contributed by atoms with E-state index in [9.17, 15) is 8.42 Å². The summed E-state index contributed by atoms with van der Waals surface area (Å²) in [6.45, 7) is 1.64. The van der Waals surface area contributed by atoms with Gasteiger partial charge >= 0.3 is 0 Å². The first-order valence-corrected chi connectivity index (χ1v) is 11.5. The van der Waals surface area contributed by atoms with Crippen LogP contribution in [0, 0.1) is 0 Å². The maximum Gasteiger partial charge on any atom is 0.264 e. The fourth-order valence-corrected chi connectivity index (χ4v) is 3.97. The Morgan fingerprint density at radius 2 is 1.96 bits per heavy atom. The minimum Gasteiger partial charge on any atom is -0.497 e. The van der Waals surface area contributed by atoms with Crippen molar-refractivity contribution < 1.29 is 17.3 Å². The second-order valence-corrected chi connectivity index (χ2v) is 9.01. The van der Waals surface area contributed by atoms with Crippen molar-refractivity contribution in [2.24, 2.45) is 0 Å². The summed E-state index contributed by atoms with van der Waals surface area (Å²) < 4.78 is 35.7. The highest BCUT2D eigenvalue weighted by atomic mass is 79.9. The van der Waals surface area contributed by atoms with Crippen LogP contribution in [0.1, 0.15) is 5.56 Å². The Bertz CT molecular complexity index is 1060. The number of rotatable bonds is 9. The van der Waals surface area contributed by atoms with Gasteiger partial charge in [0.05, 0.1) is 20.0 Å². The summed E-state index contributed by atoms with van der Waals surface area (Å²) in [5, 5.41) is 4.53. The molecule has 1 N–H and O–H groups in total. The van der Waals surface area contributed by atoms with E-state index in [0.717, 1.165) is 51.7 Å². The normalized spacial score (nSPS) is 11.7. The van der Waals surface area contributed by atoms with Gasteiger partial charge in [0.15, 0.2) is 0 Å². The number of para-hydroxylation sites is 1. The summed E-state index contributed by atoms with van der Waals surface area (Å²) >= 11 is 3.48. The average molecular weight is 467 g/mol. The van der Waals surface area contributed by atoms with Crippen LogP contribution in [0.3, 0.4) is 0 Å². The molecule has 3 aromatic rings. The standard InChI is InChI=1S/C20H23BrN2O4S/c1-26-18-12-16(21)11-17(13-18)22-8-9-23-14-15(7-10-27-28(2,24)25)19-5-3-4-6-20(19)23/h3-6,11-14,22H,7-10H2,1-2H3. The Hall–Kier alpha value is -2.03. The number of aromatic nitrogens is 1. The van der Waals surface area contributed by atoms with Crippen LogP contribution in [0.2, 0.25) is 0 Å². The summed E-state index contributed by atoms with van der Waals surface area (Å²) in [7, 11) is -1.78. The van der Waals surface area contributed by atoms with Gasteiger partial charge in [0, 0.05) is 46.4 Å². The maximum absolute atomic E-state index is 11.2. The molecule has 1 aromatic heterocycles. The highest BCUT2D eigenvalue weighted by molar-refractivity contribution is 9.10. The summed E-state index contributed by atoms with van der Waals surface area (Å²) in [6, 6.07) is 14.0. The molecule has 2 aromatic carbocycles. The lowest BCUT2D eigenvalue weighted by Crippen LogP contribution is -2.10. The monoisotopic (exact) mass is 466 g/mol. The molecule has 0 radical (unpaired) electrons. The van der Waals surface area contributed by atoms with Crippen molar-refractivity contribution in [2.75, 3.05) is 31.8 Å². The van der Waals surface area contributed by atoms with Gasteiger partial charge in [0.25, 0.3) is 10.1 Å². The first-order chi connectivity index (χ1) is 13.4. The van der Waals surface area contributed by atoms with Crippen molar-refractivity contribution in [3.63, 3.8) is 0 Å². The number of anilines is 1. The second kappa shape index (κ2) is 8.98. The molecular weight excluding hydrogens is 444 g/mol. The number of halogens is 1. The Morgan fingerprint density at radius 3 is 2.71 bits per heavy atom. The summed E-state index contributed by atoms with van der Waals surface area (Å²) in [5.41, 5.74) is 3.17. The van der Waals surface area contributed by atoms with Crippen molar-refractivity contribution in [3.05, 3.63) is 58.7 Å². The summed E-state index contributed by atoms with van der Waals surface area (Å²) in [4.78, 5) is 0. The first kappa shape index (κ1) is 20.7. The minimum absolute atomic E-state index is 0.142. The third kappa shape index (κ3) is 5.50. The van der Waals surface area contributed by atoms with Crippen molar-refractivity contribution in [1.82, 2.24) is 4.57 Å². The van der Waals surface area contributed by atoms with Crippen LogP contribution in [0.15, 0.2) is 53.1 Å². The molecule has 0 fully saturated rings. The van der Waals surface area contributed by atoms with Gasteiger partial charge in [-0.2, -0.15) is 8.42 Å². The van der Waals surface area contributed by atoms with Gasteiger partial charge in [0.1, 0.15) is 5.75 Å². The van der Waals surface area contributed by atoms with Crippen LogP contribution in [-0.2, 0) is 27.3 Å². The Labute approximate surface area is 173 Å². The number of nitrogens with one attached hydrogen (secondary N) is 1. The number of benzene rings is 2. The topological polar surface area (TPSA) is 69.6 Å². The highest BCUT2D eigenvalue weighted by Gasteiger charge is 2.10. The van der Waals surface area contributed by atoms with Crippen LogP contribution in [0.4, 0.5) is 5.69 Å². The molecule has 0 aliphatic rings. The third-order valence-electron chi connectivity index (χ3n) is 4.33. The highest BCUT2D eigenvalue weighted by Crippen LogP contribution is 2.25. The molecule has 0 saturated carbocycles. The van der Waals surface area contributed by atoms with Gasteiger partial charge in [0.2, 0.25) is 0 Å². The van der Waals surface area contributed by atoms with Gasteiger partial charge in [-0.25, -0.2) is 0 Å². The number of methoxy groups -OCH3 is 1. The number of ether oxygens (including phenoxy) is 1. The number of hydrogen-bond acceptors (Lipinski definition) is 5. The molecule has 0 spiro atoms. The molecule has 150 valence electrons. The Morgan fingerprint density at radius 1 is 1.18 bits per heavy atom. The lowest BCUT2D eigenvalue weighted by Gasteiger charge is -2.10. The smallest absolute Gasteiger partial charge is 0.264 e. The van der Waals surface area contributed by atoms with Gasteiger partial charge in [-0.1, -0.05) is 34.1 Å². The number of fused-ring (bicyclic) bond motifs is 1. The second-order valence-electron chi connectivity index (χ2n) is 6.45. The van der Waals surface area contributed by atoms with Crippen LogP contribution in [-0.4, -0.2) is 39.5 Å². The molecule has 6 nitrogen and oxygen atoms in total. The maximum atomic E-state index is 11.2. The molecule has 0 aliphatic carbocycles. The van der Waals surface area contributed by atoms with E-state index in [-0.39, 0.29) is 6.61 Å². The van der Waals surface area contributed by atoms with E-state index < -0.39 is 10.1 Å². The summed E-state index contributed by atoms with van der Waals surface area (Å²) in [5.74, 6) is 0.788. The van der Waals surface area contributed by atoms with Crippen LogP contribution >= 0.6 is 15.9 Å². The van der Waals surface area contributed by atoms with E-state index >= 15 is 0 Å². The quantitative estimate of drug-likeness (QED) is 0.481. The van der Waals surface area contributed by atoms with E-state index in [0.29, 0.717) is 6.42 Å². The number of nitrogens with zero attached hydrogens (tertiary/aromatic N) is 1. The molecule has 28 heavy (non-hydrogen) atoms. The fraction of sp³-hybridized carbons (Fsp3) is 0.300. The molecule has 0 aliphatic heterocycles. The van der Waals surface area contributed by atoms with E-state index in [1.807, 2.05) is 36.4 Å². The van der Waals surface area contributed by atoms with Gasteiger partial charge < -0.3 is 14.6 Å². The van der Waals surface area contributed by atoms with Crippen LogP contribution in [0.5, 0.6) is 5.75 Å². The largest absolute Gasteiger partial charge is 0.497 e. The average Bonchev–Trinajstić information content (AvgIpc) is 2.98. The molecule has 3 rings (SSSR count). The van der Waals surface area contributed by atoms with E-state index in [1.165, 1.54) is 0 Å². The van der Waals surface area contributed by atoms with Crippen molar-refractivity contribution in [2.45, 2.75) is 13.0 Å². The Balaban J connectivity index is 1.70.